The van der Waals surface area contributed by atoms with Crippen LogP contribution in [0.3, 0.4) is 0 Å². The number of thioether (sulfide) groups is 1. The van der Waals surface area contributed by atoms with Crippen LogP contribution in [0.25, 0.3) is 0 Å². The molecule has 0 bridgehead atoms. The van der Waals surface area contributed by atoms with E-state index in [-0.39, 0.29) is 5.56 Å². The molecule has 0 spiro atoms. The second-order valence-corrected chi connectivity index (χ2v) is 5.69. The predicted octanol–water partition coefficient (Wildman–Crippen LogP) is 4.22. The van der Waals surface area contributed by atoms with Gasteiger partial charge in [-0.05, 0) is 17.7 Å². The van der Waals surface area contributed by atoms with Crippen molar-refractivity contribution in [2.75, 3.05) is 0 Å². The van der Waals surface area contributed by atoms with Gasteiger partial charge in [-0.25, -0.2) is 0 Å². The van der Waals surface area contributed by atoms with E-state index in [1.807, 2.05) is 0 Å². The molecule has 0 amide bonds. The molecule has 22 heavy (non-hydrogen) atoms. The number of carbonyl (C=O) groups is 1. The fourth-order valence-corrected chi connectivity index (χ4v) is 2.87. The maximum Gasteiger partial charge on any atom is 0.402 e. The van der Waals surface area contributed by atoms with Gasteiger partial charge in [0.2, 0.25) is 5.12 Å². The molecule has 1 N–H and O–H groups in total. The van der Waals surface area contributed by atoms with Crippen LogP contribution in [-0.4, -0.2) is 16.4 Å². The smallest absolute Gasteiger partial charge is 0.387 e. The van der Waals surface area contributed by atoms with Gasteiger partial charge in [-0.1, -0.05) is 60.3 Å². The average molecular weight is 326 g/mol. The molecule has 0 unspecified atom stereocenters. The van der Waals surface area contributed by atoms with E-state index in [0.29, 0.717) is 16.7 Å². The number of hydrogen-bond donors (Lipinski definition) is 1. The zero-order valence-corrected chi connectivity index (χ0v) is 12.1. The fraction of sp³-hybridized carbons (Fsp3) is 0.188. The van der Waals surface area contributed by atoms with Crippen molar-refractivity contribution in [1.29, 1.82) is 0 Å². The largest absolute Gasteiger partial charge is 0.402 e. The molecule has 2 rings (SSSR count). The van der Waals surface area contributed by atoms with Gasteiger partial charge in [-0.3, -0.25) is 4.79 Å². The maximum absolute atomic E-state index is 13.2. The van der Waals surface area contributed by atoms with Gasteiger partial charge in [0.1, 0.15) is 0 Å². The topological polar surface area (TPSA) is 37.3 Å². The van der Waals surface area contributed by atoms with E-state index < -0.39 is 23.3 Å². The molecule has 0 saturated carbocycles. The van der Waals surface area contributed by atoms with Crippen LogP contribution in [0, 0.1) is 5.92 Å². The van der Waals surface area contributed by atoms with Crippen LogP contribution in [0.2, 0.25) is 0 Å². The molecule has 116 valence electrons. The Labute approximate surface area is 130 Å². The highest BCUT2D eigenvalue weighted by atomic mass is 32.2. The van der Waals surface area contributed by atoms with E-state index in [2.05, 4.69) is 0 Å². The van der Waals surface area contributed by atoms with Gasteiger partial charge in [0.15, 0.2) is 5.92 Å². The van der Waals surface area contributed by atoms with Crippen molar-refractivity contribution < 1.29 is 23.1 Å². The van der Waals surface area contributed by atoms with Crippen LogP contribution in [0.1, 0.15) is 11.7 Å². The third kappa shape index (κ3) is 4.11. The van der Waals surface area contributed by atoms with Gasteiger partial charge in [-0.15, -0.1) is 0 Å². The van der Waals surface area contributed by atoms with Crippen LogP contribution < -0.4 is 0 Å². The van der Waals surface area contributed by atoms with Gasteiger partial charge < -0.3 is 5.11 Å². The van der Waals surface area contributed by atoms with Crippen LogP contribution in [0.4, 0.5) is 13.2 Å². The summed E-state index contributed by atoms with van der Waals surface area (Å²) < 4.78 is 39.6. The first-order chi connectivity index (χ1) is 10.4. The highest BCUT2D eigenvalue weighted by molar-refractivity contribution is 8.13. The summed E-state index contributed by atoms with van der Waals surface area (Å²) in [6.45, 7) is 0. The Balaban J connectivity index is 2.25. The van der Waals surface area contributed by atoms with Crippen molar-refractivity contribution in [2.45, 2.75) is 17.2 Å². The zero-order valence-electron chi connectivity index (χ0n) is 11.3. The minimum atomic E-state index is -4.83. The van der Waals surface area contributed by atoms with Gasteiger partial charge in [0.05, 0.1) is 6.10 Å². The number of aliphatic hydroxyl groups excluding tert-OH is 1. The lowest BCUT2D eigenvalue weighted by atomic mass is 9.96. The van der Waals surface area contributed by atoms with E-state index in [9.17, 15) is 23.1 Å². The van der Waals surface area contributed by atoms with E-state index in [1.54, 1.807) is 36.4 Å². The number of benzene rings is 2. The number of alkyl halides is 3. The molecular weight excluding hydrogens is 313 g/mol. The lowest BCUT2D eigenvalue weighted by molar-refractivity contribution is -0.197. The molecule has 0 aromatic heterocycles. The van der Waals surface area contributed by atoms with Gasteiger partial charge >= 0.3 is 6.18 Å². The summed E-state index contributed by atoms with van der Waals surface area (Å²) >= 11 is 0.483. The highest BCUT2D eigenvalue weighted by Crippen LogP contribution is 2.40. The number of hydrogen-bond acceptors (Lipinski definition) is 3. The SMILES string of the molecule is O=C(Sc1ccccc1)[C@@H]([C@H](O)c1ccccc1)C(F)(F)F. The quantitative estimate of drug-likeness (QED) is 0.855. The zero-order chi connectivity index (χ0) is 16.2. The van der Waals surface area contributed by atoms with Gasteiger partial charge in [0.25, 0.3) is 0 Å². The molecular formula is C16H13F3O2S. The second kappa shape index (κ2) is 6.98. The number of halogens is 3. The molecule has 2 aromatic rings. The van der Waals surface area contributed by atoms with Crippen LogP contribution >= 0.6 is 11.8 Å². The third-order valence-corrected chi connectivity index (χ3v) is 3.99. The Hall–Kier alpha value is -1.79. The summed E-state index contributed by atoms with van der Waals surface area (Å²) in [6, 6.07) is 15.4. The minimum absolute atomic E-state index is 0.0619. The first kappa shape index (κ1) is 16.6. The van der Waals surface area contributed by atoms with E-state index in [4.69, 9.17) is 0 Å². The molecule has 2 aromatic carbocycles. The van der Waals surface area contributed by atoms with E-state index in [0.717, 1.165) is 0 Å². The van der Waals surface area contributed by atoms with E-state index >= 15 is 0 Å². The second-order valence-electron chi connectivity index (χ2n) is 4.61. The predicted molar refractivity (Wildman–Crippen MR) is 78.3 cm³/mol. The first-order valence-electron chi connectivity index (χ1n) is 6.46. The summed E-state index contributed by atoms with van der Waals surface area (Å²) in [4.78, 5) is 12.5. The average Bonchev–Trinajstić information content (AvgIpc) is 2.47. The van der Waals surface area contributed by atoms with Crippen molar-refractivity contribution in [3.8, 4) is 0 Å². The van der Waals surface area contributed by atoms with Crippen molar-refractivity contribution in [2.24, 2.45) is 5.92 Å². The normalized spacial score (nSPS) is 14.4. The summed E-state index contributed by atoms with van der Waals surface area (Å²) in [6.07, 6.45) is -6.75. The Bertz CT molecular complexity index is 614. The molecule has 0 heterocycles. The molecule has 0 saturated heterocycles. The molecule has 2 nitrogen and oxygen atoms in total. The minimum Gasteiger partial charge on any atom is -0.387 e. The van der Waals surface area contributed by atoms with Gasteiger partial charge in [0, 0.05) is 4.90 Å². The molecule has 0 aliphatic carbocycles. The summed E-state index contributed by atoms with van der Waals surface area (Å²) in [5, 5.41) is 8.88. The molecule has 0 fully saturated rings. The Kier molecular flexibility index (Phi) is 5.26. The van der Waals surface area contributed by atoms with Crippen LogP contribution in [0.5, 0.6) is 0 Å². The summed E-state index contributed by atoms with van der Waals surface area (Å²) in [5.41, 5.74) is 0.0619. The monoisotopic (exact) mass is 326 g/mol. The van der Waals surface area contributed by atoms with Gasteiger partial charge in [-0.2, -0.15) is 13.2 Å². The molecule has 0 aliphatic rings. The lowest BCUT2D eigenvalue weighted by Gasteiger charge is -2.24. The first-order valence-corrected chi connectivity index (χ1v) is 7.27. The van der Waals surface area contributed by atoms with Crippen molar-refractivity contribution in [3.05, 3.63) is 66.2 Å². The number of rotatable bonds is 4. The molecule has 0 radical (unpaired) electrons. The maximum atomic E-state index is 13.2. The van der Waals surface area contributed by atoms with Crippen LogP contribution in [-0.2, 0) is 4.79 Å². The number of carbonyl (C=O) groups excluding carboxylic acids is 1. The standard InChI is InChI=1S/C16H13F3O2S/c17-16(18,19)13(14(20)11-7-3-1-4-8-11)15(21)22-12-9-5-2-6-10-12/h1-10,13-14,20H/t13-,14-/m1/s1. The van der Waals surface area contributed by atoms with E-state index in [1.165, 1.54) is 24.3 Å². The van der Waals surface area contributed by atoms with Crippen molar-refractivity contribution in [1.82, 2.24) is 0 Å². The Morgan fingerprint density at radius 2 is 1.45 bits per heavy atom. The van der Waals surface area contributed by atoms with Crippen molar-refractivity contribution in [3.63, 3.8) is 0 Å². The summed E-state index contributed by atoms with van der Waals surface area (Å²) in [7, 11) is 0. The third-order valence-electron chi connectivity index (χ3n) is 3.03. The number of aliphatic hydroxyl groups is 1. The lowest BCUT2D eigenvalue weighted by Crippen LogP contribution is -2.34. The molecule has 2 atom stereocenters. The molecule has 6 heteroatoms. The highest BCUT2D eigenvalue weighted by Gasteiger charge is 2.49. The summed E-state index contributed by atoms with van der Waals surface area (Å²) in [5.74, 6) is -2.47. The van der Waals surface area contributed by atoms with Crippen LogP contribution in [0.15, 0.2) is 65.6 Å². The molecule has 0 aliphatic heterocycles. The fourth-order valence-electron chi connectivity index (χ4n) is 1.95. The Morgan fingerprint density at radius 1 is 0.955 bits per heavy atom. The Morgan fingerprint density at radius 3 is 1.95 bits per heavy atom. The van der Waals surface area contributed by atoms with Crippen molar-refractivity contribution >= 4 is 16.9 Å².